The first kappa shape index (κ1) is 14.9. The quantitative estimate of drug-likeness (QED) is 0.788. The highest BCUT2D eigenvalue weighted by Crippen LogP contribution is 2.23. The zero-order chi connectivity index (χ0) is 14.2. The molecule has 0 fully saturated rings. The molecule has 3 nitrogen and oxygen atoms in total. The topological polar surface area (TPSA) is 44.5 Å². The Bertz CT molecular complexity index is 528. The lowest BCUT2D eigenvalue weighted by Crippen LogP contribution is -2.09. The molecule has 0 unspecified atom stereocenters. The average molecular weight is 336 g/mol. The smallest absolute Gasteiger partial charge is 0.133 e. The normalized spacial score (nSPS) is 10.3. The molecule has 2 N–H and O–H groups in total. The fourth-order valence-electron chi connectivity index (χ4n) is 1.79. The third-order valence-electron chi connectivity index (χ3n) is 2.80. The summed E-state index contributed by atoms with van der Waals surface area (Å²) in [5, 5.41) is 0. The standard InChI is InChI=1S/C16H18BrNO2/c17-15-3-1-2-4-16(15)20-12-11-19-14-7-5-13(6-8-14)9-10-18/h1-8H,9-12,18H2. The van der Waals surface area contributed by atoms with Crippen molar-refractivity contribution >= 4 is 15.9 Å². The Hall–Kier alpha value is -1.52. The van der Waals surface area contributed by atoms with Crippen LogP contribution in [0, 0.1) is 0 Å². The summed E-state index contributed by atoms with van der Waals surface area (Å²) >= 11 is 3.44. The third-order valence-corrected chi connectivity index (χ3v) is 3.46. The molecule has 0 bridgehead atoms. The molecule has 0 spiro atoms. The highest BCUT2D eigenvalue weighted by atomic mass is 79.9. The molecule has 0 aromatic heterocycles. The van der Waals surface area contributed by atoms with E-state index in [0.29, 0.717) is 19.8 Å². The van der Waals surface area contributed by atoms with Crippen molar-refractivity contribution in [1.82, 2.24) is 0 Å². The molecule has 0 amide bonds. The molecule has 0 saturated carbocycles. The molecule has 0 aliphatic carbocycles. The van der Waals surface area contributed by atoms with Crippen LogP contribution in [0.25, 0.3) is 0 Å². The van der Waals surface area contributed by atoms with Crippen LogP contribution in [0.2, 0.25) is 0 Å². The molecule has 0 atom stereocenters. The zero-order valence-electron chi connectivity index (χ0n) is 11.2. The van der Waals surface area contributed by atoms with E-state index >= 15 is 0 Å². The van der Waals surface area contributed by atoms with E-state index in [0.717, 1.165) is 22.4 Å². The molecule has 20 heavy (non-hydrogen) atoms. The van der Waals surface area contributed by atoms with Gasteiger partial charge in [0.1, 0.15) is 24.7 Å². The molecular weight excluding hydrogens is 318 g/mol. The molecular formula is C16H18BrNO2. The van der Waals surface area contributed by atoms with Gasteiger partial charge in [-0.25, -0.2) is 0 Å². The van der Waals surface area contributed by atoms with Crippen molar-refractivity contribution in [3.8, 4) is 11.5 Å². The highest BCUT2D eigenvalue weighted by Gasteiger charge is 1.99. The van der Waals surface area contributed by atoms with Gasteiger partial charge < -0.3 is 15.2 Å². The largest absolute Gasteiger partial charge is 0.490 e. The number of hydrogen-bond donors (Lipinski definition) is 1. The number of ether oxygens (including phenoxy) is 2. The van der Waals surface area contributed by atoms with Crippen molar-refractivity contribution in [2.75, 3.05) is 19.8 Å². The Labute approximate surface area is 127 Å². The average Bonchev–Trinajstić information content (AvgIpc) is 2.47. The first-order chi connectivity index (χ1) is 9.79. The van der Waals surface area contributed by atoms with Gasteiger partial charge in [0.15, 0.2) is 0 Å². The molecule has 2 aromatic rings. The summed E-state index contributed by atoms with van der Waals surface area (Å²) in [7, 11) is 0. The van der Waals surface area contributed by atoms with Crippen molar-refractivity contribution in [2.24, 2.45) is 5.73 Å². The molecule has 0 radical (unpaired) electrons. The molecule has 0 heterocycles. The van der Waals surface area contributed by atoms with Gasteiger partial charge in [-0.15, -0.1) is 0 Å². The van der Waals surface area contributed by atoms with Crippen LogP contribution in [0.1, 0.15) is 5.56 Å². The Kier molecular flexibility index (Phi) is 5.89. The maximum absolute atomic E-state index is 5.63. The van der Waals surface area contributed by atoms with Crippen molar-refractivity contribution in [3.63, 3.8) is 0 Å². The van der Waals surface area contributed by atoms with Crippen molar-refractivity contribution in [3.05, 3.63) is 58.6 Å². The minimum absolute atomic E-state index is 0.507. The third kappa shape index (κ3) is 4.54. The lowest BCUT2D eigenvalue weighted by Gasteiger charge is -2.10. The fraction of sp³-hybridized carbons (Fsp3) is 0.250. The number of rotatable bonds is 7. The number of nitrogens with two attached hydrogens (primary N) is 1. The maximum Gasteiger partial charge on any atom is 0.133 e. The molecule has 0 aliphatic rings. The van der Waals surface area contributed by atoms with Gasteiger partial charge >= 0.3 is 0 Å². The van der Waals surface area contributed by atoms with Crippen LogP contribution in [0.3, 0.4) is 0 Å². The van der Waals surface area contributed by atoms with E-state index in [9.17, 15) is 0 Å². The fourth-order valence-corrected chi connectivity index (χ4v) is 2.19. The van der Waals surface area contributed by atoms with Gasteiger partial charge in [0.2, 0.25) is 0 Å². The van der Waals surface area contributed by atoms with E-state index in [1.54, 1.807) is 0 Å². The second kappa shape index (κ2) is 7.92. The molecule has 106 valence electrons. The van der Waals surface area contributed by atoms with Gasteiger partial charge in [0, 0.05) is 0 Å². The predicted molar refractivity (Wildman–Crippen MR) is 84.3 cm³/mol. The number of benzene rings is 2. The zero-order valence-corrected chi connectivity index (χ0v) is 12.8. The summed E-state index contributed by atoms with van der Waals surface area (Å²) < 4.78 is 12.2. The Balaban J connectivity index is 1.74. The lowest BCUT2D eigenvalue weighted by molar-refractivity contribution is 0.216. The van der Waals surface area contributed by atoms with Crippen LogP contribution in [-0.4, -0.2) is 19.8 Å². The van der Waals surface area contributed by atoms with Crippen LogP contribution in [0.4, 0.5) is 0 Å². The summed E-state index contributed by atoms with van der Waals surface area (Å²) in [4.78, 5) is 0. The van der Waals surface area contributed by atoms with Gasteiger partial charge in [-0.1, -0.05) is 24.3 Å². The van der Waals surface area contributed by atoms with Crippen LogP contribution >= 0.6 is 15.9 Å². The Morgan fingerprint density at radius 3 is 2.30 bits per heavy atom. The van der Waals surface area contributed by atoms with Gasteiger partial charge in [-0.2, -0.15) is 0 Å². The SMILES string of the molecule is NCCc1ccc(OCCOc2ccccc2Br)cc1. The van der Waals surface area contributed by atoms with Gasteiger partial charge in [0.25, 0.3) is 0 Å². The molecule has 4 heteroatoms. The van der Waals surface area contributed by atoms with Gasteiger partial charge in [-0.05, 0) is 58.7 Å². The highest BCUT2D eigenvalue weighted by molar-refractivity contribution is 9.10. The summed E-state index contributed by atoms with van der Waals surface area (Å²) in [5.74, 6) is 1.68. The monoisotopic (exact) mass is 335 g/mol. The number of halogens is 1. The van der Waals surface area contributed by atoms with E-state index in [-0.39, 0.29) is 0 Å². The summed E-state index contributed by atoms with van der Waals surface area (Å²) in [6, 6.07) is 15.8. The van der Waals surface area contributed by atoms with Crippen molar-refractivity contribution in [1.29, 1.82) is 0 Å². The van der Waals surface area contributed by atoms with E-state index in [4.69, 9.17) is 15.2 Å². The maximum atomic E-state index is 5.63. The first-order valence-electron chi connectivity index (χ1n) is 6.59. The van der Waals surface area contributed by atoms with Crippen molar-refractivity contribution in [2.45, 2.75) is 6.42 Å². The first-order valence-corrected chi connectivity index (χ1v) is 7.38. The van der Waals surface area contributed by atoms with Crippen LogP contribution in [0.5, 0.6) is 11.5 Å². The minimum Gasteiger partial charge on any atom is -0.490 e. The molecule has 2 aromatic carbocycles. The second-order valence-corrected chi connectivity index (χ2v) is 5.16. The Morgan fingerprint density at radius 2 is 1.60 bits per heavy atom. The molecule has 2 rings (SSSR count). The number of hydrogen-bond acceptors (Lipinski definition) is 3. The van der Waals surface area contributed by atoms with E-state index < -0.39 is 0 Å². The number of para-hydroxylation sites is 1. The Morgan fingerprint density at radius 1 is 0.900 bits per heavy atom. The van der Waals surface area contributed by atoms with Crippen LogP contribution in [0.15, 0.2) is 53.0 Å². The van der Waals surface area contributed by atoms with E-state index in [1.807, 2.05) is 48.5 Å². The summed E-state index contributed by atoms with van der Waals surface area (Å²) in [6.07, 6.45) is 0.894. The summed E-state index contributed by atoms with van der Waals surface area (Å²) in [6.45, 7) is 1.69. The van der Waals surface area contributed by atoms with Crippen molar-refractivity contribution < 1.29 is 9.47 Å². The lowest BCUT2D eigenvalue weighted by atomic mass is 10.1. The second-order valence-electron chi connectivity index (χ2n) is 4.31. The van der Waals surface area contributed by atoms with E-state index in [2.05, 4.69) is 15.9 Å². The van der Waals surface area contributed by atoms with Crippen LogP contribution in [-0.2, 0) is 6.42 Å². The van der Waals surface area contributed by atoms with E-state index in [1.165, 1.54) is 5.56 Å². The van der Waals surface area contributed by atoms with Gasteiger partial charge in [-0.3, -0.25) is 0 Å². The summed E-state index contributed by atoms with van der Waals surface area (Å²) in [5.41, 5.74) is 6.74. The predicted octanol–water partition coefficient (Wildman–Crippen LogP) is 3.41. The minimum atomic E-state index is 0.507. The van der Waals surface area contributed by atoms with Gasteiger partial charge in [0.05, 0.1) is 4.47 Å². The molecule has 0 saturated heterocycles. The molecule has 0 aliphatic heterocycles. The van der Waals surface area contributed by atoms with Crippen LogP contribution < -0.4 is 15.2 Å².